The van der Waals surface area contributed by atoms with Gasteiger partial charge in [0.05, 0.1) is 6.42 Å². The van der Waals surface area contributed by atoms with Crippen LogP contribution in [0.2, 0.25) is 0 Å². The smallest absolute Gasteiger partial charge is 0.303 e. The van der Waals surface area contributed by atoms with Crippen LogP contribution < -0.4 is 10.6 Å². The topological polar surface area (TPSA) is 95.5 Å². The number of carbonyl (C=O) groups excluding carboxylic acids is 2. The predicted octanol–water partition coefficient (Wildman–Crippen LogP) is 3.36. The minimum atomic E-state index is -1.02. The van der Waals surface area contributed by atoms with Crippen molar-refractivity contribution in [1.29, 1.82) is 0 Å². The van der Waals surface area contributed by atoms with Crippen molar-refractivity contribution in [3.05, 3.63) is 59.2 Å². The molecular formula is C19H20N2O4. The lowest BCUT2D eigenvalue weighted by molar-refractivity contribution is -0.138. The van der Waals surface area contributed by atoms with Crippen molar-refractivity contribution in [3.8, 4) is 0 Å². The Kier molecular flexibility index (Phi) is 5.89. The third-order valence-corrected chi connectivity index (χ3v) is 3.48. The van der Waals surface area contributed by atoms with Gasteiger partial charge >= 0.3 is 5.97 Å². The zero-order valence-corrected chi connectivity index (χ0v) is 14.1. The second-order valence-electron chi connectivity index (χ2n) is 5.85. The highest BCUT2D eigenvalue weighted by molar-refractivity contribution is 6.04. The van der Waals surface area contributed by atoms with Crippen LogP contribution in [0.1, 0.15) is 34.3 Å². The van der Waals surface area contributed by atoms with Gasteiger partial charge in [0.25, 0.3) is 5.91 Å². The van der Waals surface area contributed by atoms with Gasteiger partial charge in [0, 0.05) is 23.4 Å². The summed E-state index contributed by atoms with van der Waals surface area (Å²) in [6, 6.07) is 12.2. The van der Waals surface area contributed by atoms with Gasteiger partial charge in [-0.1, -0.05) is 6.07 Å². The Hall–Kier alpha value is -3.15. The number of nitrogens with one attached hydrogen (secondary N) is 2. The maximum absolute atomic E-state index is 12.3. The van der Waals surface area contributed by atoms with Gasteiger partial charge in [-0.05, 0) is 61.4 Å². The van der Waals surface area contributed by atoms with E-state index in [-0.39, 0.29) is 24.7 Å². The van der Waals surface area contributed by atoms with Crippen LogP contribution in [-0.4, -0.2) is 22.9 Å². The first-order valence-corrected chi connectivity index (χ1v) is 7.85. The highest BCUT2D eigenvalue weighted by Crippen LogP contribution is 2.16. The first kappa shape index (κ1) is 18.2. The molecule has 0 spiro atoms. The van der Waals surface area contributed by atoms with Gasteiger partial charge in [0.15, 0.2) is 0 Å². The highest BCUT2D eigenvalue weighted by atomic mass is 16.4. The van der Waals surface area contributed by atoms with Crippen molar-refractivity contribution in [3.63, 3.8) is 0 Å². The predicted molar refractivity (Wildman–Crippen MR) is 95.8 cm³/mol. The lowest BCUT2D eigenvalue weighted by atomic mass is 10.1. The molecule has 0 unspecified atom stereocenters. The molecule has 0 aliphatic carbocycles. The van der Waals surface area contributed by atoms with Gasteiger partial charge in [-0.25, -0.2) is 0 Å². The van der Waals surface area contributed by atoms with E-state index in [4.69, 9.17) is 5.11 Å². The molecule has 0 bridgehead atoms. The van der Waals surface area contributed by atoms with E-state index in [9.17, 15) is 14.4 Å². The summed E-state index contributed by atoms with van der Waals surface area (Å²) in [5.74, 6) is -1.64. The van der Waals surface area contributed by atoms with Crippen LogP contribution in [0.25, 0.3) is 0 Å². The number of carboxylic acid groups (broad SMARTS) is 1. The maximum atomic E-state index is 12.3. The quantitative estimate of drug-likeness (QED) is 0.751. The zero-order valence-electron chi connectivity index (χ0n) is 14.1. The molecule has 0 atom stereocenters. The third-order valence-electron chi connectivity index (χ3n) is 3.48. The normalized spacial score (nSPS) is 10.2. The summed E-state index contributed by atoms with van der Waals surface area (Å²) in [5.41, 5.74) is 3.83. The van der Waals surface area contributed by atoms with Crippen LogP contribution in [0.4, 0.5) is 11.4 Å². The minimum absolute atomic E-state index is 0.0930. The van der Waals surface area contributed by atoms with Crippen LogP contribution in [0.15, 0.2) is 42.5 Å². The minimum Gasteiger partial charge on any atom is -0.481 e. The van der Waals surface area contributed by atoms with E-state index < -0.39 is 5.97 Å². The molecule has 0 saturated carbocycles. The van der Waals surface area contributed by atoms with Gasteiger partial charge in [-0.15, -0.1) is 0 Å². The Morgan fingerprint density at radius 3 is 2.00 bits per heavy atom. The Balaban J connectivity index is 1.97. The molecule has 0 heterocycles. The number of hydrogen-bond donors (Lipinski definition) is 3. The molecule has 6 heteroatoms. The van der Waals surface area contributed by atoms with E-state index in [0.29, 0.717) is 11.3 Å². The molecule has 6 nitrogen and oxygen atoms in total. The summed E-state index contributed by atoms with van der Waals surface area (Å²) in [4.78, 5) is 34.3. The summed E-state index contributed by atoms with van der Waals surface area (Å²) < 4.78 is 0. The number of benzene rings is 2. The molecule has 0 fully saturated rings. The highest BCUT2D eigenvalue weighted by Gasteiger charge is 2.09. The van der Waals surface area contributed by atoms with Crippen molar-refractivity contribution in [2.45, 2.75) is 26.7 Å². The third kappa shape index (κ3) is 5.76. The number of anilines is 2. The Labute approximate surface area is 145 Å². The van der Waals surface area contributed by atoms with Crippen molar-refractivity contribution >= 4 is 29.2 Å². The monoisotopic (exact) mass is 340 g/mol. The first-order chi connectivity index (χ1) is 11.8. The van der Waals surface area contributed by atoms with Gasteiger partial charge in [-0.2, -0.15) is 0 Å². The van der Waals surface area contributed by atoms with Crippen molar-refractivity contribution in [2.24, 2.45) is 0 Å². The molecule has 2 amide bonds. The van der Waals surface area contributed by atoms with Crippen molar-refractivity contribution in [2.75, 3.05) is 10.6 Å². The Morgan fingerprint density at radius 1 is 0.840 bits per heavy atom. The van der Waals surface area contributed by atoms with E-state index in [1.54, 1.807) is 24.3 Å². The fourth-order valence-corrected chi connectivity index (χ4v) is 2.40. The standard InChI is InChI=1S/C19H20N2O4/c1-12-9-13(2)11-16(10-12)21-19(25)14-3-5-15(6-4-14)20-17(22)7-8-18(23)24/h3-6,9-11H,7-8H2,1-2H3,(H,20,22)(H,21,25)(H,23,24). The largest absolute Gasteiger partial charge is 0.481 e. The van der Waals surface area contributed by atoms with E-state index in [2.05, 4.69) is 10.6 Å². The summed E-state index contributed by atoms with van der Waals surface area (Å²) in [6.45, 7) is 3.93. The number of hydrogen-bond acceptors (Lipinski definition) is 3. The molecule has 130 valence electrons. The SMILES string of the molecule is Cc1cc(C)cc(NC(=O)c2ccc(NC(=O)CCC(=O)O)cc2)c1. The Morgan fingerprint density at radius 2 is 1.44 bits per heavy atom. The van der Waals surface area contributed by atoms with Gasteiger partial charge in [0.2, 0.25) is 5.91 Å². The molecule has 0 saturated heterocycles. The second kappa shape index (κ2) is 8.10. The number of aryl methyl sites for hydroxylation is 2. The lowest BCUT2D eigenvalue weighted by Crippen LogP contribution is -2.14. The van der Waals surface area contributed by atoms with E-state index in [1.807, 2.05) is 32.0 Å². The zero-order chi connectivity index (χ0) is 18.4. The molecule has 0 aliphatic rings. The van der Waals surface area contributed by atoms with Gasteiger partial charge < -0.3 is 15.7 Å². The molecule has 2 aromatic rings. The average Bonchev–Trinajstić information content (AvgIpc) is 2.52. The Bertz CT molecular complexity index is 777. The second-order valence-corrected chi connectivity index (χ2v) is 5.85. The molecule has 0 radical (unpaired) electrons. The van der Waals surface area contributed by atoms with Crippen LogP contribution in [0.3, 0.4) is 0 Å². The fraction of sp³-hybridized carbons (Fsp3) is 0.211. The fourth-order valence-electron chi connectivity index (χ4n) is 2.40. The van der Waals surface area contributed by atoms with E-state index in [0.717, 1.165) is 16.8 Å². The number of amides is 2. The van der Waals surface area contributed by atoms with Crippen molar-refractivity contribution in [1.82, 2.24) is 0 Å². The summed E-state index contributed by atoms with van der Waals surface area (Å²) in [6.07, 6.45) is -0.313. The molecule has 25 heavy (non-hydrogen) atoms. The number of carboxylic acids is 1. The molecule has 0 aliphatic heterocycles. The number of rotatable bonds is 6. The summed E-state index contributed by atoms with van der Waals surface area (Å²) in [5, 5.41) is 14.0. The molecule has 2 rings (SSSR count). The number of carbonyl (C=O) groups is 3. The average molecular weight is 340 g/mol. The molecule has 3 N–H and O–H groups in total. The van der Waals surface area contributed by atoms with Crippen LogP contribution in [-0.2, 0) is 9.59 Å². The van der Waals surface area contributed by atoms with Crippen LogP contribution >= 0.6 is 0 Å². The first-order valence-electron chi connectivity index (χ1n) is 7.85. The van der Waals surface area contributed by atoms with E-state index >= 15 is 0 Å². The van der Waals surface area contributed by atoms with Crippen LogP contribution in [0, 0.1) is 13.8 Å². The van der Waals surface area contributed by atoms with Crippen LogP contribution in [0.5, 0.6) is 0 Å². The molecule has 2 aromatic carbocycles. The van der Waals surface area contributed by atoms with E-state index in [1.165, 1.54) is 0 Å². The maximum Gasteiger partial charge on any atom is 0.303 e. The summed E-state index contributed by atoms with van der Waals surface area (Å²) in [7, 11) is 0. The molecular weight excluding hydrogens is 320 g/mol. The lowest BCUT2D eigenvalue weighted by Gasteiger charge is -2.09. The van der Waals surface area contributed by atoms with Gasteiger partial charge in [0.1, 0.15) is 0 Å². The number of aliphatic carboxylic acids is 1. The van der Waals surface area contributed by atoms with Crippen molar-refractivity contribution < 1.29 is 19.5 Å². The summed E-state index contributed by atoms with van der Waals surface area (Å²) >= 11 is 0. The van der Waals surface area contributed by atoms with Gasteiger partial charge in [-0.3, -0.25) is 14.4 Å². The molecule has 0 aromatic heterocycles.